The van der Waals surface area contributed by atoms with Crippen LogP contribution in [0.25, 0.3) is 88.5 Å². The maximum absolute atomic E-state index is 12.0. The highest BCUT2D eigenvalue weighted by Crippen LogP contribution is 2.53. The fourth-order valence-corrected chi connectivity index (χ4v) is 20.1. The normalized spacial score (nSPS) is 17.8. The molecule has 43 heteroatoms. The van der Waals surface area contributed by atoms with Gasteiger partial charge in [0.2, 0.25) is 41.4 Å². The van der Waals surface area contributed by atoms with Gasteiger partial charge < -0.3 is 97.1 Å². The van der Waals surface area contributed by atoms with E-state index in [0.717, 1.165) is 49.3 Å². The van der Waals surface area contributed by atoms with Crippen LogP contribution >= 0.6 is 92.8 Å². The zero-order valence-corrected chi connectivity index (χ0v) is 90.0. The second-order valence-electron chi connectivity index (χ2n) is 35.4. The van der Waals surface area contributed by atoms with Gasteiger partial charge in [0.15, 0.2) is 23.1 Å². The Bertz CT molecular complexity index is 6670. The van der Waals surface area contributed by atoms with Crippen LogP contribution in [0.4, 0.5) is 23.7 Å². The van der Waals surface area contributed by atoms with Crippen LogP contribution in [0.2, 0.25) is 40.2 Å². The Morgan fingerprint density at radius 2 is 0.617 bits per heavy atom. The highest BCUT2D eigenvalue weighted by molar-refractivity contribution is 6.43. The molecule has 35 nitrogen and oxygen atoms in total. The molecule has 0 bridgehead atoms. The maximum atomic E-state index is 12.0. The van der Waals surface area contributed by atoms with Crippen LogP contribution in [0, 0.1) is 29.6 Å². The van der Waals surface area contributed by atoms with Gasteiger partial charge in [-0.05, 0) is 137 Å². The number of nitrogens with one attached hydrogen (secondary N) is 4. The minimum Gasteiger partial charge on any atom is -0.495 e. The summed E-state index contributed by atoms with van der Waals surface area (Å²) < 4.78 is 89.2. The van der Waals surface area contributed by atoms with Crippen LogP contribution in [0.5, 0.6) is 69.5 Å². The van der Waals surface area contributed by atoms with Crippen molar-refractivity contribution < 1.29 is 95.0 Å². The topological polar surface area (TPSA) is 406 Å². The number of halogens is 8. The molecule has 12 aromatic rings. The molecule has 5 aliphatic rings. The first-order chi connectivity index (χ1) is 71.9. The standard InChI is InChI=1S/C28H30Cl2N4O5.C27H30Cl2N4O5.C26H27Cl2N3O5.C25H26Cl2N4O5/c1-4-18(35)9-16-7-8-38-14-20(16)33-28-31-12-17-10-19(32-27(26(17)34-28)39-13-15-5-6-15)23-24(29)21(36-2)11-22(37-3)25(23)30;1-6-17(34)9-15-7-8-37-13-19(15)32-27-30-12-16-10-18(31-26(25(16)33-27)38-14(2)3)22-23(28)20(35-4)11-21(36-5)24(22)29;1-5-16(32)8-14-6-7-36-13-19(14)30-22-10-17-15(12-29-22)9-18(31-26(17)35-4)23-24(27)20(33-2)11-21(34-3)25(23)28;1-5-15(32)8-13-6-7-36-12-17(13)30-25-28-11-14-9-16(29-24(35-4)23(14)31-25)20-21(26)18(33-2)10-19(34-3)22(20)27/h4,10-12,15-16,20H,1,5-9,13-14H2,2-3H3,(H,31,33,34);6,10-12,14-15,19H,1,7-9,13H2,2-5H3,(H,30,32,33);5,9-12,14,19H,1,6-8,13H2,2-4H3,(H,29,30);5,9-11,13,17H,1,6-8,12H2,2-4H3,(H,28,30,31)/t16-,20-;15-,19-;14-,19-;13-,17-/m1111/s1. The molecule has 788 valence electrons. The SMILES string of the molecule is C=CC(=O)C[C@H]1CCOC[C@H]1Nc1cc2c(OC)nc(-c3c(Cl)c(OC)cc(OC)c3Cl)cc2cn1.C=CC(=O)C[C@H]1CCOC[C@H]1Nc1ncc2cc(-c3c(Cl)c(OC)cc(OC)c3Cl)nc(OC(C)C)c2n1.C=CC(=O)C[C@H]1CCOC[C@H]1Nc1ncc2cc(-c3c(Cl)c(OC)cc(OC)c3Cl)nc(OC)c2n1.C=CC(=O)C[C@H]1CCOC[C@H]1Nc1ncc2cc(-c3c(Cl)c(OC)cc(OC)c3Cl)nc(OCC3CC3)c2n1. The lowest BCUT2D eigenvalue weighted by atomic mass is 9.89. The Hall–Kier alpha value is -12.5. The number of carbonyl (C=O) groups excluding carboxylic acids is 4. The smallest absolute Gasteiger partial charge is 0.241 e. The van der Waals surface area contributed by atoms with E-state index in [9.17, 15) is 19.2 Å². The summed E-state index contributed by atoms with van der Waals surface area (Å²) in [6, 6.07) is 15.1. The monoisotopic (exact) mass is 2200 g/mol. The largest absolute Gasteiger partial charge is 0.495 e. The summed E-state index contributed by atoms with van der Waals surface area (Å²) >= 11 is 53.1. The number of methoxy groups -OCH3 is 10. The second kappa shape index (κ2) is 52.3. The lowest BCUT2D eigenvalue weighted by Gasteiger charge is -2.32. The highest BCUT2D eigenvalue weighted by Gasteiger charge is 2.36. The molecule has 8 aromatic heterocycles. The highest BCUT2D eigenvalue weighted by atomic mass is 35.5. The number of rotatable bonds is 39. The molecule has 0 unspecified atom stereocenters. The predicted molar refractivity (Wildman–Crippen MR) is 577 cm³/mol. The lowest BCUT2D eigenvalue weighted by molar-refractivity contribution is -0.117. The molecule has 1 saturated carbocycles. The Morgan fingerprint density at radius 3 is 0.913 bits per heavy atom. The summed E-state index contributed by atoms with van der Waals surface area (Å²) in [5.74, 6) is 7.16. The molecule has 17 rings (SSSR count). The molecule has 149 heavy (non-hydrogen) atoms. The number of hydrogen-bond donors (Lipinski definition) is 4. The van der Waals surface area contributed by atoms with Crippen molar-refractivity contribution in [1.82, 2.24) is 54.8 Å². The van der Waals surface area contributed by atoms with Gasteiger partial charge in [0.25, 0.3) is 0 Å². The fraction of sp³-hybridized carbons (Fsp3) is 0.387. The number of hydrogen-bond acceptors (Lipinski definition) is 35. The van der Waals surface area contributed by atoms with Gasteiger partial charge in [0.05, 0.1) is 197 Å². The van der Waals surface area contributed by atoms with Crippen molar-refractivity contribution in [3.63, 3.8) is 0 Å². The lowest BCUT2D eigenvalue weighted by Crippen LogP contribution is -2.40. The number of pyridine rings is 5. The average molecular weight is 2200 g/mol. The van der Waals surface area contributed by atoms with Crippen molar-refractivity contribution in [2.75, 3.05) is 152 Å². The molecule has 4 saturated heterocycles. The van der Waals surface area contributed by atoms with E-state index in [1.54, 1.807) is 68.3 Å². The van der Waals surface area contributed by atoms with Crippen molar-refractivity contribution in [1.29, 1.82) is 0 Å². The number of fused-ring (bicyclic) bond motifs is 4. The zero-order valence-electron chi connectivity index (χ0n) is 84.0. The van der Waals surface area contributed by atoms with E-state index in [-0.39, 0.29) is 103 Å². The first-order valence-electron chi connectivity index (χ1n) is 47.6. The minimum absolute atomic E-state index is 0.000951. The van der Waals surface area contributed by atoms with Gasteiger partial charge in [-0.3, -0.25) is 19.2 Å². The van der Waals surface area contributed by atoms with Gasteiger partial charge in [-0.1, -0.05) is 119 Å². The van der Waals surface area contributed by atoms with Gasteiger partial charge in [0, 0.05) is 150 Å². The van der Waals surface area contributed by atoms with Crippen LogP contribution in [0.15, 0.2) is 130 Å². The van der Waals surface area contributed by atoms with Gasteiger partial charge in [-0.2, -0.15) is 0 Å². The Labute approximate surface area is 901 Å². The third kappa shape index (κ3) is 26.9. The zero-order chi connectivity index (χ0) is 107. The third-order valence-electron chi connectivity index (χ3n) is 25.5. The van der Waals surface area contributed by atoms with Crippen molar-refractivity contribution in [2.45, 2.75) is 108 Å². The number of benzene rings is 4. The Morgan fingerprint density at radius 1 is 0.342 bits per heavy atom. The van der Waals surface area contributed by atoms with Crippen molar-refractivity contribution in [3.8, 4) is 115 Å². The molecule has 8 atom stereocenters. The van der Waals surface area contributed by atoms with E-state index in [2.05, 4.69) is 82.5 Å². The quantitative estimate of drug-likeness (QED) is 0.0260. The summed E-state index contributed by atoms with van der Waals surface area (Å²) in [5.41, 5.74) is 5.22. The number of carbonyl (C=O) groups is 4. The summed E-state index contributed by atoms with van der Waals surface area (Å²) in [6.45, 7) is 22.9. The molecule has 4 N–H and O–H groups in total. The number of nitrogens with zero attached hydrogens (tertiary/aromatic N) is 11. The van der Waals surface area contributed by atoms with E-state index in [1.165, 1.54) is 88.3 Å². The first-order valence-corrected chi connectivity index (χ1v) is 50.6. The Balaban J connectivity index is 0.000000157. The van der Waals surface area contributed by atoms with Gasteiger partial charge in [0.1, 0.15) is 68.4 Å². The summed E-state index contributed by atoms with van der Waals surface area (Å²) in [7, 11) is 15.1. The van der Waals surface area contributed by atoms with Crippen LogP contribution in [-0.4, -0.2) is 239 Å². The molecule has 4 aromatic carbocycles. The molecule has 5 fully saturated rings. The molecular weight excluding hydrogens is 2090 g/mol. The van der Waals surface area contributed by atoms with Crippen LogP contribution in [0.1, 0.15) is 78.1 Å². The average Bonchev–Trinajstić information content (AvgIpc) is 1.64. The molecule has 0 radical (unpaired) electrons. The number of ether oxygens (including phenoxy) is 16. The molecule has 0 amide bonds. The van der Waals surface area contributed by atoms with E-state index in [0.29, 0.717) is 276 Å². The number of ketones is 4. The van der Waals surface area contributed by atoms with Crippen LogP contribution in [-0.2, 0) is 38.1 Å². The molecular formula is C106H113Cl8N15O20. The van der Waals surface area contributed by atoms with Gasteiger partial charge in [-0.15, -0.1) is 0 Å². The van der Waals surface area contributed by atoms with Crippen LogP contribution in [0.3, 0.4) is 0 Å². The second-order valence-corrected chi connectivity index (χ2v) is 38.4. The van der Waals surface area contributed by atoms with E-state index < -0.39 is 0 Å². The van der Waals surface area contributed by atoms with Crippen molar-refractivity contribution in [2.24, 2.45) is 29.6 Å². The molecule has 0 spiro atoms. The number of anilines is 4. The summed E-state index contributed by atoms with van der Waals surface area (Å²) in [6.07, 6.45) is 18.9. The molecule has 1 aliphatic carbocycles. The van der Waals surface area contributed by atoms with Gasteiger partial charge >= 0.3 is 0 Å². The number of aromatic nitrogens is 11. The fourth-order valence-electron chi connectivity index (χ4n) is 17.4. The summed E-state index contributed by atoms with van der Waals surface area (Å²) in [5, 5.41) is 19.3. The van der Waals surface area contributed by atoms with E-state index in [1.807, 2.05) is 32.0 Å². The van der Waals surface area contributed by atoms with Crippen molar-refractivity contribution in [3.05, 3.63) is 170 Å². The van der Waals surface area contributed by atoms with E-state index in [4.69, 9.17) is 189 Å². The first kappa shape index (κ1) is 112. The van der Waals surface area contributed by atoms with Gasteiger partial charge in [-0.25, -0.2) is 54.8 Å². The minimum atomic E-state index is -0.181. The van der Waals surface area contributed by atoms with Crippen LogP contribution < -0.4 is 78.1 Å². The van der Waals surface area contributed by atoms with E-state index >= 15 is 0 Å². The van der Waals surface area contributed by atoms with Crippen molar-refractivity contribution >= 4 is 183 Å². The number of allylic oxidation sites excluding steroid dienone is 4. The third-order valence-corrected chi connectivity index (χ3v) is 28.5. The summed E-state index contributed by atoms with van der Waals surface area (Å²) in [4.78, 5) is 99.0. The predicted octanol–water partition coefficient (Wildman–Crippen LogP) is 22.1. The Kier molecular flexibility index (Phi) is 39.4. The molecule has 12 heterocycles. The molecule has 4 aliphatic heterocycles. The maximum Gasteiger partial charge on any atom is 0.241 e.